The maximum absolute atomic E-state index is 13.1. The predicted molar refractivity (Wildman–Crippen MR) is 127 cm³/mol. The van der Waals surface area contributed by atoms with Gasteiger partial charge >= 0.3 is 5.97 Å². The van der Waals surface area contributed by atoms with Gasteiger partial charge in [0.25, 0.3) is 0 Å². The Morgan fingerprint density at radius 2 is 1.65 bits per heavy atom. The molecule has 0 aromatic heterocycles. The lowest BCUT2D eigenvalue weighted by molar-refractivity contribution is -0.132. The summed E-state index contributed by atoms with van der Waals surface area (Å²) in [5, 5.41) is -0.0419. The summed E-state index contributed by atoms with van der Waals surface area (Å²) < 4.78 is 12.0. The van der Waals surface area contributed by atoms with E-state index >= 15 is 0 Å². The zero-order chi connectivity index (χ0) is 23.8. The molecule has 0 saturated carbocycles. The maximum atomic E-state index is 13.1. The van der Waals surface area contributed by atoms with E-state index in [1.54, 1.807) is 44.2 Å². The Balaban J connectivity index is 3.09. The molecule has 0 radical (unpaired) electrons. The minimum Gasteiger partial charge on any atom is -0.451 e. The molecule has 6 heteroatoms. The first-order valence-corrected chi connectivity index (χ1v) is 13.5. The number of rotatable bonds is 10. The molecule has 1 rings (SSSR count). The molecule has 0 N–H and O–H groups in total. The maximum Gasteiger partial charge on any atom is 0.338 e. The second kappa shape index (κ2) is 11.3. The third-order valence-corrected chi connectivity index (χ3v) is 10.2. The second-order valence-electron chi connectivity index (χ2n) is 9.35. The molecule has 5 nitrogen and oxygen atoms in total. The molecule has 0 saturated heterocycles. The molecule has 0 aliphatic heterocycles. The van der Waals surface area contributed by atoms with Gasteiger partial charge in [0.1, 0.15) is 6.29 Å². The van der Waals surface area contributed by atoms with Gasteiger partial charge < -0.3 is 9.16 Å². The van der Waals surface area contributed by atoms with Crippen molar-refractivity contribution in [3.05, 3.63) is 59.7 Å². The quantitative estimate of drug-likeness (QED) is 0.156. The number of aldehydes is 1. The zero-order valence-electron chi connectivity index (χ0n) is 20.0. The molecule has 0 spiro atoms. The van der Waals surface area contributed by atoms with Gasteiger partial charge in [-0.15, -0.1) is 0 Å². The van der Waals surface area contributed by atoms with E-state index in [4.69, 9.17) is 9.16 Å². The topological polar surface area (TPSA) is 69.7 Å². The van der Waals surface area contributed by atoms with Crippen LogP contribution in [0.15, 0.2) is 54.1 Å². The number of carbonyl (C=O) groups is 3. The Labute approximate surface area is 187 Å². The molecule has 31 heavy (non-hydrogen) atoms. The highest BCUT2D eigenvalue weighted by Crippen LogP contribution is 2.38. The molecule has 170 valence electrons. The summed E-state index contributed by atoms with van der Waals surface area (Å²) in [4.78, 5) is 36.2. The van der Waals surface area contributed by atoms with Crippen LogP contribution >= 0.6 is 0 Å². The first-order valence-electron chi connectivity index (χ1n) is 10.6. The summed E-state index contributed by atoms with van der Waals surface area (Å²) >= 11 is 0. The van der Waals surface area contributed by atoms with E-state index in [1.165, 1.54) is 6.08 Å². The summed E-state index contributed by atoms with van der Waals surface area (Å²) in [6, 6.07) is 8.60. The summed E-state index contributed by atoms with van der Waals surface area (Å²) in [7, 11) is -2.19. The Morgan fingerprint density at radius 3 is 2.16 bits per heavy atom. The van der Waals surface area contributed by atoms with Crippen molar-refractivity contribution in [2.45, 2.75) is 71.9 Å². The molecule has 1 aromatic carbocycles. The van der Waals surface area contributed by atoms with E-state index in [0.717, 1.165) is 5.57 Å². The van der Waals surface area contributed by atoms with Crippen molar-refractivity contribution in [3.8, 4) is 0 Å². The highest BCUT2D eigenvalue weighted by atomic mass is 28.4. The molecule has 0 amide bonds. The van der Waals surface area contributed by atoms with Crippen LogP contribution in [0.25, 0.3) is 0 Å². The number of benzene rings is 1. The van der Waals surface area contributed by atoms with Crippen LogP contribution < -0.4 is 0 Å². The molecule has 0 bridgehead atoms. The van der Waals surface area contributed by atoms with Crippen LogP contribution in [0, 0.1) is 5.92 Å². The number of Topliss-reactive ketones (excluding diaryl/α,β-unsaturated/α-hetero) is 1. The molecule has 0 heterocycles. The van der Waals surface area contributed by atoms with Gasteiger partial charge in [-0.1, -0.05) is 63.6 Å². The van der Waals surface area contributed by atoms with Crippen LogP contribution in [0.1, 0.15) is 51.9 Å². The molecule has 0 aliphatic carbocycles. The van der Waals surface area contributed by atoms with Gasteiger partial charge in [-0.2, -0.15) is 0 Å². The number of hydrogen-bond acceptors (Lipinski definition) is 5. The summed E-state index contributed by atoms with van der Waals surface area (Å²) in [5.41, 5.74) is 1.23. The summed E-state index contributed by atoms with van der Waals surface area (Å²) in [6.07, 6.45) is 4.27. The van der Waals surface area contributed by atoms with Crippen LogP contribution in [-0.2, 0) is 18.8 Å². The fourth-order valence-electron chi connectivity index (χ4n) is 2.70. The monoisotopic (exact) mass is 444 g/mol. The van der Waals surface area contributed by atoms with Gasteiger partial charge in [-0.05, 0) is 50.2 Å². The molecular weight excluding hydrogens is 408 g/mol. The van der Waals surface area contributed by atoms with Crippen molar-refractivity contribution in [3.63, 3.8) is 0 Å². The number of hydrogen-bond donors (Lipinski definition) is 0. The van der Waals surface area contributed by atoms with Crippen LogP contribution in [0.3, 0.4) is 0 Å². The average Bonchev–Trinajstić information content (AvgIpc) is 2.70. The van der Waals surface area contributed by atoms with E-state index in [0.29, 0.717) is 11.8 Å². The molecule has 1 aromatic rings. The SMILES string of the molecule is CC(/C=C/C=O)=C\[C@@H](O[Si](C)(C)C(C)(C)C)[C@@H](C)C(=O)[C@H](C)OC(=O)c1ccccc1. The number of ketones is 1. The van der Waals surface area contributed by atoms with E-state index in [9.17, 15) is 14.4 Å². The van der Waals surface area contributed by atoms with Crippen molar-refractivity contribution < 1.29 is 23.5 Å². The van der Waals surface area contributed by atoms with Crippen LogP contribution in [0.5, 0.6) is 0 Å². The lowest BCUT2D eigenvalue weighted by Gasteiger charge is -2.40. The van der Waals surface area contributed by atoms with Crippen LogP contribution in [-0.4, -0.2) is 38.6 Å². The molecule has 0 aliphatic rings. The minimum absolute atomic E-state index is 0.0419. The smallest absolute Gasteiger partial charge is 0.338 e. The standard InChI is InChI=1S/C25H36O5Si/c1-18(13-12-16-26)17-22(30-31(7,8)25(4,5)6)19(2)23(27)20(3)29-24(28)21-14-10-9-11-15-21/h9-17,19-20,22H,1-8H3/b13-12+,18-17+/t19-,20+,22-/m1/s1. The number of esters is 1. The molecule has 3 atom stereocenters. The normalized spacial score (nSPS) is 15.9. The van der Waals surface area contributed by atoms with Crippen molar-refractivity contribution in [2.75, 3.05) is 0 Å². The van der Waals surface area contributed by atoms with E-state index < -0.39 is 32.4 Å². The molecule has 0 unspecified atom stereocenters. The first-order chi connectivity index (χ1) is 14.3. The lowest BCUT2D eigenvalue weighted by Crippen LogP contribution is -2.47. The van der Waals surface area contributed by atoms with Crippen LogP contribution in [0.2, 0.25) is 18.1 Å². The molecular formula is C25H36O5Si. The van der Waals surface area contributed by atoms with Gasteiger partial charge in [0, 0.05) is 5.92 Å². The van der Waals surface area contributed by atoms with Crippen molar-refractivity contribution >= 4 is 26.4 Å². The Bertz CT molecular complexity index is 818. The van der Waals surface area contributed by atoms with Gasteiger partial charge in [-0.25, -0.2) is 4.79 Å². The van der Waals surface area contributed by atoms with Gasteiger partial charge in [0.15, 0.2) is 20.2 Å². The number of carbonyl (C=O) groups excluding carboxylic acids is 3. The van der Waals surface area contributed by atoms with E-state index in [1.807, 2.05) is 19.1 Å². The molecule has 0 fully saturated rings. The number of ether oxygens (including phenoxy) is 1. The highest BCUT2D eigenvalue weighted by Gasteiger charge is 2.41. The van der Waals surface area contributed by atoms with E-state index in [2.05, 4.69) is 33.9 Å². The highest BCUT2D eigenvalue weighted by molar-refractivity contribution is 6.74. The van der Waals surface area contributed by atoms with Crippen LogP contribution in [0.4, 0.5) is 0 Å². The predicted octanol–water partition coefficient (Wildman–Crippen LogP) is 5.53. The van der Waals surface area contributed by atoms with Gasteiger partial charge in [0.05, 0.1) is 11.7 Å². The Hall–Kier alpha value is -2.31. The zero-order valence-corrected chi connectivity index (χ0v) is 21.0. The number of allylic oxidation sites excluding steroid dienone is 3. The minimum atomic E-state index is -2.19. The second-order valence-corrected chi connectivity index (χ2v) is 14.1. The van der Waals surface area contributed by atoms with Gasteiger partial charge in [-0.3, -0.25) is 9.59 Å². The summed E-state index contributed by atoms with van der Waals surface area (Å²) in [6.45, 7) is 15.9. The largest absolute Gasteiger partial charge is 0.451 e. The van der Waals surface area contributed by atoms with E-state index in [-0.39, 0.29) is 10.8 Å². The van der Waals surface area contributed by atoms with Crippen molar-refractivity contribution in [1.82, 2.24) is 0 Å². The fourth-order valence-corrected chi connectivity index (χ4v) is 4.00. The van der Waals surface area contributed by atoms with Crippen molar-refractivity contribution in [1.29, 1.82) is 0 Å². The lowest BCUT2D eigenvalue weighted by atomic mass is 9.95. The Morgan fingerprint density at radius 1 is 1.06 bits per heavy atom. The Kier molecular flexibility index (Phi) is 9.78. The third kappa shape index (κ3) is 8.03. The fraction of sp³-hybridized carbons (Fsp3) is 0.480. The van der Waals surface area contributed by atoms with Crippen molar-refractivity contribution in [2.24, 2.45) is 5.92 Å². The first kappa shape index (κ1) is 26.7. The third-order valence-electron chi connectivity index (χ3n) is 5.74. The average molecular weight is 445 g/mol. The summed E-state index contributed by atoms with van der Waals surface area (Å²) in [5.74, 6) is -1.28. The van der Waals surface area contributed by atoms with Gasteiger partial charge in [0.2, 0.25) is 0 Å².